The van der Waals surface area contributed by atoms with Gasteiger partial charge in [0.1, 0.15) is 5.75 Å². The summed E-state index contributed by atoms with van der Waals surface area (Å²) in [4.78, 5) is 17.5. The lowest BCUT2D eigenvalue weighted by Gasteiger charge is -2.35. The van der Waals surface area contributed by atoms with Crippen molar-refractivity contribution in [2.45, 2.75) is 25.7 Å². The summed E-state index contributed by atoms with van der Waals surface area (Å²) in [5.41, 5.74) is 3.55. The van der Waals surface area contributed by atoms with Gasteiger partial charge >= 0.3 is 0 Å². The fourth-order valence-electron chi connectivity index (χ4n) is 5.04. The molecule has 0 saturated carbocycles. The molecule has 3 aromatic rings. The molecule has 0 radical (unpaired) electrons. The molecule has 32 heavy (non-hydrogen) atoms. The molecule has 170 valence electrons. The van der Waals surface area contributed by atoms with Gasteiger partial charge in [0.05, 0.1) is 13.5 Å². The van der Waals surface area contributed by atoms with Gasteiger partial charge in [-0.25, -0.2) is 0 Å². The molecule has 1 aliphatic rings. The topological polar surface area (TPSA) is 37.7 Å². The maximum atomic E-state index is 13.0. The highest BCUT2D eigenvalue weighted by Crippen LogP contribution is 2.23. The maximum absolute atomic E-state index is 13.0. The van der Waals surface area contributed by atoms with E-state index < -0.39 is 0 Å². The Bertz CT molecular complexity index is 1060. The molecule has 5 heteroatoms. The second-order valence-electron chi connectivity index (χ2n) is 9.10. The first-order valence-corrected chi connectivity index (χ1v) is 11.7. The molecule has 2 aromatic carbocycles. The average molecular weight is 434 g/mol. The predicted octanol–water partition coefficient (Wildman–Crippen LogP) is 4.14. The Morgan fingerprint density at radius 2 is 1.91 bits per heavy atom. The van der Waals surface area contributed by atoms with Crippen LogP contribution in [-0.2, 0) is 24.7 Å². The van der Waals surface area contributed by atoms with E-state index in [4.69, 9.17) is 4.74 Å². The van der Waals surface area contributed by atoms with Crippen molar-refractivity contribution in [2.24, 2.45) is 13.0 Å². The highest BCUT2D eigenvalue weighted by molar-refractivity contribution is 5.89. The number of amides is 1. The molecule has 1 aromatic heterocycles. The van der Waals surface area contributed by atoms with Gasteiger partial charge in [0.15, 0.2) is 0 Å². The van der Waals surface area contributed by atoms with Gasteiger partial charge in [-0.05, 0) is 55.0 Å². The number of aryl methyl sites for hydroxylation is 1. The minimum absolute atomic E-state index is 0.201. The zero-order valence-corrected chi connectivity index (χ0v) is 19.6. The zero-order valence-electron chi connectivity index (χ0n) is 19.6. The third-order valence-electron chi connectivity index (χ3n) is 6.77. The fourth-order valence-corrected chi connectivity index (χ4v) is 5.04. The number of likely N-dealkylation sites (tertiary alicyclic amines) is 1. The minimum Gasteiger partial charge on any atom is -0.496 e. The molecule has 0 aliphatic carbocycles. The minimum atomic E-state index is 0.201. The summed E-state index contributed by atoms with van der Waals surface area (Å²) in [7, 11) is 5.74. The number of ether oxygens (including phenoxy) is 1. The maximum Gasteiger partial charge on any atom is 0.226 e. The summed E-state index contributed by atoms with van der Waals surface area (Å²) in [6, 6.07) is 16.6. The number of aromatic nitrogens is 1. The molecule has 5 nitrogen and oxygen atoms in total. The van der Waals surface area contributed by atoms with Crippen LogP contribution in [0.4, 0.5) is 0 Å². The lowest BCUT2D eigenvalue weighted by molar-refractivity contribution is -0.130. The van der Waals surface area contributed by atoms with Gasteiger partial charge in [0.25, 0.3) is 0 Å². The van der Waals surface area contributed by atoms with E-state index in [0.717, 1.165) is 43.9 Å². The van der Waals surface area contributed by atoms with Crippen LogP contribution in [0.25, 0.3) is 10.9 Å². The molecule has 1 aliphatic heterocycles. The molecule has 0 spiro atoms. The van der Waals surface area contributed by atoms with E-state index >= 15 is 0 Å². The molecule has 2 heterocycles. The van der Waals surface area contributed by atoms with Crippen LogP contribution >= 0.6 is 0 Å². The number of methoxy groups -OCH3 is 1. The lowest BCUT2D eigenvalue weighted by Crippen LogP contribution is -2.42. The van der Waals surface area contributed by atoms with Crippen LogP contribution in [0.15, 0.2) is 54.7 Å². The quantitative estimate of drug-likeness (QED) is 0.536. The molecule has 0 N–H and O–H groups in total. The van der Waals surface area contributed by atoms with E-state index in [-0.39, 0.29) is 5.91 Å². The number of fused-ring (bicyclic) bond motifs is 1. The molecule has 1 saturated heterocycles. The van der Waals surface area contributed by atoms with Crippen molar-refractivity contribution in [1.29, 1.82) is 0 Å². The zero-order chi connectivity index (χ0) is 22.5. The fraction of sp³-hybridized carbons (Fsp3) is 0.444. The molecule has 4 rings (SSSR count). The van der Waals surface area contributed by atoms with Crippen LogP contribution in [0.2, 0.25) is 0 Å². The van der Waals surface area contributed by atoms with Gasteiger partial charge in [0, 0.05) is 50.8 Å². The number of carbonyl (C=O) groups excluding carboxylic acids is 1. The molecule has 1 amide bonds. The van der Waals surface area contributed by atoms with Gasteiger partial charge in [-0.3, -0.25) is 4.79 Å². The number of carbonyl (C=O) groups is 1. The Kier molecular flexibility index (Phi) is 7.15. The van der Waals surface area contributed by atoms with Gasteiger partial charge in [-0.2, -0.15) is 0 Å². The van der Waals surface area contributed by atoms with E-state index in [0.29, 0.717) is 12.3 Å². The third kappa shape index (κ3) is 5.16. The lowest BCUT2D eigenvalue weighted by atomic mass is 9.96. The summed E-state index contributed by atoms with van der Waals surface area (Å²) in [6.45, 7) is 4.06. The monoisotopic (exact) mass is 433 g/mol. The number of para-hydroxylation sites is 2. The summed E-state index contributed by atoms with van der Waals surface area (Å²) in [5, 5.41) is 1.18. The second kappa shape index (κ2) is 10.2. The Labute approximate surface area is 191 Å². The van der Waals surface area contributed by atoms with Gasteiger partial charge in [0.2, 0.25) is 5.91 Å². The van der Waals surface area contributed by atoms with Gasteiger partial charge in [-0.15, -0.1) is 0 Å². The van der Waals surface area contributed by atoms with E-state index in [1.165, 1.54) is 29.3 Å². The Hall–Kier alpha value is -2.79. The summed E-state index contributed by atoms with van der Waals surface area (Å²) in [6.07, 6.45) is 5.93. The van der Waals surface area contributed by atoms with Crippen molar-refractivity contribution in [3.63, 3.8) is 0 Å². The van der Waals surface area contributed by atoms with Crippen molar-refractivity contribution in [3.8, 4) is 5.75 Å². The summed E-state index contributed by atoms with van der Waals surface area (Å²) < 4.78 is 7.61. The first kappa shape index (κ1) is 22.4. The third-order valence-corrected chi connectivity index (χ3v) is 6.77. The average Bonchev–Trinajstić information content (AvgIpc) is 3.13. The molecule has 1 fully saturated rings. The highest BCUT2D eigenvalue weighted by atomic mass is 16.5. The van der Waals surface area contributed by atoms with Crippen LogP contribution in [-0.4, -0.2) is 60.6 Å². The summed E-state index contributed by atoms with van der Waals surface area (Å²) in [5.74, 6) is 1.70. The number of nitrogens with zero attached hydrogens (tertiary/aromatic N) is 3. The number of benzene rings is 2. The second-order valence-corrected chi connectivity index (χ2v) is 9.10. The predicted molar refractivity (Wildman–Crippen MR) is 130 cm³/mol. The van der Waals surface area contributed by atoms with E-state index in [2.05, 4.69) is 39.9 Å². The van der Waals surface area contributed by atoms with Crippen molar-refractivity contribution in [3.05, 3.63) is 65.9 Å². The summed E-state index contributed by atoms with van der Waals surface area (Å²) >= 11 is 0. The van der Waals surface area contributed by atoms with E-state index in [1.807, 2.05) is 43.3 Å². The van der Waals surface area contributed by atoms with Gasteiger partial charge in [-0.1, -0.05) is 36.4 Å². The van der Waals surface area contributed by atoms with Gasteiger partial charge < -0.3 is 19.1 Å². The van der Waals surface area contributed by atoms with Crippen molar-refractivity contribution in [2.75, 3.05) is 40.3 Å². The number of rotatable bonds is 8. The molecular formula is C27H35N3O2. The van der Waals surface area contributed by atoms with Crippen molar-refractivity contribution < 1.29 is 9.53 Å². The Balaban J connectivity index is 1.30. The van der Waals surface area contributed by atoms with Crippen LogP contribution < -0.4 is 4.74 Å². The van der Waals surface area contributed by atoms with Crippen LogP contribution in [0.1, 0.15) is 24.0 Å². The van der Waals surface area contributed by atoms with Crippen LogP contribution in [0.5, 0.6) is 5.75 Å². The molecule has 0 unspecified atom stereocenters. The van der Waals surface area contributed by atoms with E-state index in [9.17, 15) is 4.79 Å². The molecule has 1 atom stereocenters. The highest BCUT2D eigenvalue weighted by Gasteiger charge is 2.23. The first-order valence-electron chi connectivity index (χ1n) is 11.7. The first-order chi connectivity index (χ1) is 15.5. The normalized spacial score (nSPS) is 16.9. The van der Waals surface area contributed by atoms with Crippen molar-refractivity contribution in [1.82, 2.24) is 14.4 Å². The van der Waals surface area contributed by atoms with Crippen molar-refractivity contribution >= 4 is 16.8 Å². The van der Waals surface area contributed by atoms with E-state index in [1.54, 1.807) is 7.11 Å². The molecular weight excluding hydrogens is 398 g/mol. The van der Waals surface area contributed by atoms with Crippen LogP contribution in [0, 0.1) is 5.92 Å². The number of hydrogen-bond acceptors (Lipinski definition) is 3. The smallest absolute Gasteiger partial charge is 0.226 e. The largest absolute Gasteiger partial charge is 0.496 e. The SMILES string of the molecule is COc1ccccc1CCN1CCC[C@H](CN(C)C(=O)Cc2cn(C)c3ccccc23)C1. The standard InChI is InChI=1S/C27H35N3O2/c1-28-20-23(24-11-5-6-12-25(24)28)17-27(31)29(2)18-21-9-8-15-30(19-21)16-14-22-10-4-7-13-26(22)32-3/h4-7,10-13,20-21H,8-9,14-19H2,1-3H3/t21-/m1/s1. The number of hydrogen-bond donors (Lipinski definition) is 0. The number of likely N-dealkylation sites (N-methyl/N-ethyl adjacent to an activating group) is 1. The molecule has 0 bridgehead atoms. The Morgan fingerprint density at radius 1 is 1.12 bits per heavy atom. The Morgan fingerprint density at radius 3 is 2.75 bits per heavy atom. The number of piperidine rings is 1. The van der Waals surface area contributed by atoms with Crippen LogP contribution in [0.3, 0.4) is 0 Å².